The van der Waals surface area contributed by atoms with E-state index in [2.05, 4.69) is 25.2 Å². The highest BCUT2D eigenvalue weighted by Crippen LogP contribution is 2.31. The van der Waals surface area contributed by atoms with Gasteiger partial charge in [-0.25, -0.2) is 0 Å². The predicted octanol–water partition coefficient (Wildman–Crippen LogP) is 2.61. The summed E-state index contributed by atoms with van der Waals surface area (Å²) in [6.07, 6.45) is 1.16. The summed E-state index contributed by atoms with van der Waals surface area (Å²) >= 11 is 5.12. The zero-order valence-corrected chi connectivity index (χ0v) is 11.9. The molecular formula is C14H20N2OS. The largest absolute Gasteiger partial charge is 0.389 e. The maximum absolute atomic E-state index is 5.80. The quantitative estimate of drug-likeness (QED) is 0.824. The highest BCUT2D eigenvalue weighted by molar-refractivity contribution is 7.80. The second-order valence-corrected chi connectivity index (χ2v) is 5.66. The Morgan fingerprint density at radius 2 is 2.28 bits per heavy atom. The molecule has 2 unspecified atom stereocenters. The van der Waals surface area contributed by atoms with Crippen LogP contribution in [0.1, 0.15) is 31.4 Å². The van der Waals surface area contributed by atoms with Gasteiger partial charge in [0.2, 0.25) is 0 Å². The molecule has 1 aromatic rings. The van der Waals surface area contributed by atoms with Gasteiger partial charge in [-0.05, 0) is 39.3 Å². The number of hydrogen-bond acceptors (Lipinski definition) is 3. The van der Waals surface area contributed by atoms with E-state index in [0.717, 1.165) is 29.8 Å². The normalized spacial score (nSPS) is 27.2. The van der Waals surface area contributed by atoms with Gasteiger partial charge in [-0.15, -0.1) is 0 Å². The molecular weight excluding hydrogens is 244 g/mol. The van der Waals surface area contributed by atoms with E-state index in [1.807, 2.05) is 19.1 Å². The van der Waals surface area contributed by atoms with Gasteiger partial charge < -0.3 is 15.8 Å². The van der Waals surface area contributed by atoms with E-state index in [1.54, 1.807) is 0 Å². The number of rotatable bonds is 3. The molecule has 3 N–H and O–H groups in total. The van der Waals surface area contributed by atoms with Crippen LogP contribution < -0.4 is 11.1 Å². The van der Waals surface area contributed by atoms with Crippen molar-refractivity contribution in [2.45, 2.75) is 38.8 Å². The maximum atomic E-state index is 5.80. The molecule has 1 aromatic carbocycles. The first-order valence-corrected chi connectivity index (χ1v) is 6.63. The summed E-state index contributed by atoms with van der Waals surface area (Å²) in [4.78, 5) is 0.427. The minimum Gasteiger partial charge on any atom is -0.389 e. The van der Waals surface area contributed by atoms with Crippen molar-refractivity contribution in [1.82, 2.24) is 0 Å². The standard InChI is InChI=1S/C14H20N2OS/c1-9-4-5-12(11(8-9)13(15)18)16-14(3)6-7-17-10(14)2/h4-5,8,10,16H,6-7H2,1-3H3,(H2,15,18). The Kier molecular flexibility index (Phi) is 3.59. The van der Waals surface area contributed by atoms with Crippen LogP contribution in [0.2, 0.25) is 0 Å². The Hall–Kier alpha value is -1.13. The molecule has 0 aromatic heterocycles. The van der Waals surface area contributed by atoms with Crippen molar-refractivity contribution >= 4 is 22.9 Å². The number of anilines is 1. The van der Waals surface area contributed by atoms with Crippen LogP contribution in [-0.2, 0) is 4.74 Å². The van der Waals surface area contributed by atoms with Gasteiger partial charge in [0.1, 0.15) is 4.99 Å². The van der Waals surface area contributed by atoms with Gasteiger partial charge >= 0.3 is 0 Å². The summed E-state index contributed by atoms with van der Waals surface area (Å²) in [7, 11) is 0. The zero-order valence-electron chi connectivity index (χ0n) is 11.1. The average molecular weight is 264 g/mol. The molecule has 2 atom stereocenters. The van der Waals surface area contributed by atoms with Crippen LogP contribution in [0, 0.1) is 6.92 Å². The Morgan fingerprint density at radius 1 is 1.56 bits per heavy atom. The number of aryl methyl sites for hydroxylation is 1. The minimum atomic E-state index is -0.0607. The zero-order chi connectivity index (χ0) is 13.3. The number of nitrogens with two attached hydrogens (primary N) is 1. The first kappa shape index (κ1) is 13.3. The van der Waals surface area contributed by atoms with Gasteiger partial charge in [0.25, 0.3) is 0 Å². The van der Waals surface area contributed by atoms with Crippen molar-refractivity contribution in [3.63, 3.8) is 0 Å². The number of nitrogens with one attached hydrogen (secondary N) is 1. The Bertz CT molecular complexity index is 475. The fraction of sp³-hybridized carbons (Fsp3) is 0.500. The molecule has 98 valence electrons. The van der Waals surface area contributed by atoms with Crippen molar-refractivity contribution in [3.05, 3.63) is 29.3 Å². The SMILES string of the molecule is Cc1ccc(NC2(C)CCOC2C)c(C(N)=S)c1. The van der Waals surface area contributed by atoms with Gasteiger partial charge in [-0.3, -0.25) is 0 Å². The molecule has 2 rings (SSSR count). The van der Waals surface area contributed by atoms with Gasteiger partial charge in [-0.1, -0.05) is 23.8 Å². The van der Waals surface area contributed by atoms with Gasteiger partial charge in [0.05, 0.1) is 11.6 Å². The molecule has 0 bridgehead atoms. The number of ether oxygens (including phenoxy) is 1. The van der Waals surface area contributed by atoms with Crippen molar-refractivity contribution in [2.24, 2.45) is 5.73 Å². The van der Waals surface area contributed by atoms with Crippen LogP contribution in [-0.4, -0.2) is 23.2 Å². The first-order chi connectivity index (χ1) is 8.42. The second kappa shape index (κ2) is 4.86. The van der Waals surface area contributed by atoms with Crippen molar-refractivity contribution in [3.8, 4) is 0 Å². The molecule has 1 aliphatic heterocycles. The van der Waals surface area contributed by atoms with E-state index in [4.69, 9.17) is 22.7 Å². The molecule has 0 spiro atoms. The van der Waals surface area contributed by atoms with E-state index in [9.17, 15) is 0 Å². The monoisotopic (exact) mass is 264 g/mol. The third-order valence-corrected chi connectivity index (χ3v) is 3.97. The van der Waals surface area contributed by atoms with Crippen molar-refractivity contribution in [2.75, 3.05) is 11.9 Å². The molecule has 1 aliphatic rings. The Morgan fingerprint density at radius 3 is 2.83 bits per heavy atom. The minimum absolute atomic E-state index is 0.0607. The molecule has 3 nitrogen and oxygen atoms in total. The second-order valence-electron chi connectivity index (χ2n) is 5.22. The van der Waals surface area contributed by atoms with E-state index >= 15 is 0 Å². The lowest BCUT2D eigenvalue weighted by atomic mass is 9.93. The number of benzene rings is 1. The summed E-state index contributed by atoms with van der Waals surface area (Å²) < 4.78 is 5.64. The topological polar surface area (TPSA) is 47.3 Å². The number of thiocarbonyl (C=S) groups is 1. The third-order valence-electron chi connectivity index (χ3n) is 3.75. The highest BCUT2D eigenvalue weighted by Gasteiger charge is 2.37. The maximum Gasteiger partial charge on any atom is 0.106 e. The predicted molar refractivity (Wildman–Crippen MR) is 79.1 cm³/mol. The van der Waals surface area contributed by atoms with E-state index < -0.39 is 0 Å². The molecule has 1 heterocycles. The van der Waals surface area contributed by atoms with Crippen LogP contribution in [0.5, 0.6) is 0 Å². The summed E-state index contributed by atoms with van der Waals surface area (Å²) in [6, 6.07) is 6.13. The molecule has 0 saturated carbocycles. The van der Waals surface area contributed by atoms with E-state index in [1.165, 1.54) is 0 Å². The van der Waals surface area contributed by atoms with Crippen LogP contribution in [0.15, 0.2) is 18.2 Å². The summed E-state index contributed by atoms with van der Waals surface area (Å²) in [5.41, 5.74) is 8.79. The van der Waals surface area contributed by atoms with Crippen LogP contribution >= 0.6 is 12.2 Å². The van der Waals surface area contributed by atoms with Crippen molar-refractivity contribution < 1.29 is 4.74 Å². The van der Waals surface area contributed by atoms with Crippen LogP contribution in [0.25, 0.3) is 0 Å². The highest BCUT2D eigenvalue weighted by atomic mass is 32.1. The van der Waals surface area contributed by atoms with Gasteiger partial charge in [-0.2, -0.15) is 0 Å². The molecule has 0 amide bonds. The number of hydrogen-bond donors (Lipinski definition) is 2. The fourth-order valence-corrected chi connectivity index (χ4v) is 2.45. The lowest BCUT2D eigenvalue weighted by Gasteiger charge is -2.31. The summed E-state index contributed by atoms with van der Waals surface area (Å²) in [6.45, 7) is 7.09. The van der Waals surface area contributed by atoms with Crippen LogP contribution in [0.3, 0.4) is 0 Å². The smallest absolute Gasteiger partial charge is 0.106 e. The van der Waals surface area contributed by atoms with E-state index in [-0.39, 0.29) is 11.6 Å². The fourth-order valence-electron chi connectivity index (χ4n) is 2.28. The molecule has 1 saturated heterocycles. The van der Waals surface area contributed by atoms with Crippen molar-refractivity contribution in [1.29, 1.82) is 0 Å². The van der Waals surface area contributed by atoms with E-state index in [0.29, 0.717) is 4.99 Å². The van der Waals surface area contributed by atoms with Crippen LogP contribution in [0.4, 0.5) is 5.69 Å². The molecule has 18 heavy (non-hydrogen) atoms. The molecule has 1 fully saturated rings. The lowest BCUT2D eigenvalue weighted by molar-refractivity contribution is 0.105. The van der Waals surface area contributed by atoms with Gasteiger partial charge in [0.15, 0.2) is 0 Å². The Labute approximate surface area is 114 Å². The first-order valence-electron chi connectivity index (χ1n) is 6.22. The Balaban J connectivity index is 2.31. The third kappa shape index (κ3) is 2.49. The lowest BCUT2D eigenvalue weighted by Crippen LogP contribution is -2.41. The van der Waals surface area contributed by atoms with Gasteiger partial charge in [0, 0.05) is 17.9 Å². The molecule has 0 aliphatic carbocycles. The summed E-state index contributed by atoms with van der Waals surface area (Å²) in [5.74, 6) is 0. The molecule has 0 radical (unpaired) electrons. The molecule has 4 heteroatoms. The average Bonchev–Trinajstić information content (AvgIpc) is 2.61. The summed E-state index contributed by atoms with van der Waals surface area (Å²) in [5, 5.41) is 3.55.